The fourth-order valence-electron chi connectivity index (χ4n) is 4.32. The van der Waals surface area contributed by atoms with Crippen LogP contribution in [-0.2, 0) is 18.8 Å². The van der Waals surface area contributed by atoms with E-state index in [0.29, 0.717) is 18.1 Å². The Bertz CT molecular complexity index is 965. The minimum Gasteiger partial charge on any atom is -0.501 e. The number of nitrogens with one attached hydrogen (secondary N) is 1. The van der Waals surface area contributed by atoms with Gasteiger partial charge in [-0.25, -0.2) is 9.37 Å². The average molecular weight is 386 g/mol. The summed E-state index contributed by atoms with van der Waals surface area (Å²) in [5, 5.41) is 13.0. The van der Waals surface area contributed by atoms with Crippen molar-refractivity contribution in [3.63, 3.8) is 0 Å². The lowest BCUT2D eigenvalue weighted by atomic mass is 9.80. The van der Waals surface area contributed by atoms with Crippen molar-refractivity contribution in [2.75, 3.05) is 7.05 Å². The summed E-state index contributed by atoms with van der Waals surface area (Å²) in [5.41, 5.74) is -0.502. The quantitative estimate of drug-likeness (QED) is 0.843. The molecule has 4 rings (SSSR count). The van der Waals surface area contributed by atoms with E-state index in [0.717, 1.165) is 32.1 Å². The third kappa shape index (κ3) is 2.97. The van der Waals surface area contributed by atoms with E-state index in [1.165, 1.54) is 16.7 Å². The van der Waals surface area contributed by atoms with Gasteiger partial charge in [-0.15, -0.1) is 0 Å². The van der Waals surface area contributed by atoms with Crippen LogP contribution in [0, 0.1) is 5.82 Å². The van der Waals surface area contributed by atoms with Crippen LogP contribution < -0.4 is 10.9 Å². The SMILES string of the molecule is CN1Cn2c(nc(C(=O)NCc3ccc(F)cc3)c(O)c2=O)C12CCCCC2. The maximum Gasteiger partial charge on any atom is 0.297 e. The average Bonchev–Trinajstić information content (AvgIpc) is 2.96. The predicted octanol–water partition coefficient (Wildman–Crippen LogP) is 2.08. The van der Waals surface area contributed by atoms with E-state index in [4.69, 9.17) is 0 Å². The molecule has 2 aliphatic rings. The second-order valence-corrected chi connectivity index (χ2v) is 7.61. The zero-order valence-electron chi connectivity index (χ0n) is 15.7. The minimum absolute atomic E-state index is 0.143. The summed E-state index contributed by atoms with van der Waals surface area (Å²) >= 11 is 0. The Hall–Kier alpha value is -2.74. The number of benzene rings is 1. The molecule has 1 spiro atoms. The first kappa shape index (κ1) is 18.6. The normalized spacial score (nSPS) is 18.2. The first-order valence-corrected chi connectivity index (χ1v) is 9.50. The number of aromatic nitrogens is 2. The Morgan fingerprint density at radius 1 is 1.25 bits per heavy atom. The number of rotatable bonds is 3. The smallest absolute Gasteiger partial charge is 0.297 e. The highest BCUT2D eigenvalue weighted by atomic mass is 19.1. The van der Waals surface area contributed by atoms with Crippen molar-refractivity contribution in [2.24, 2.45) is 0 Å². The highest BCUT2D eigenvalue weighted by molar-refractivity contribution is 5.94. The number of halogens is 1. The third-order valence-electron chi connectivity index (χ3n) is 5.91. The lowest BCUT2D eigenvalue weighted by Gasteiger charge is -2.38. The molecule has 8 heteroatoms. The van der Waals surface area contributed by atoms with Crippen molar-refractivity contribution in [3.8, 4) is 5.75 Å². The number of aromatic hydroxyl groups is 1. The van der Waals surface area contributed by atoms with Gasteiger partial charge in [-0.05, 0) is 37.6 Å². The van der Waals surface area contributed by atoms with E-state index in [1.807, 2.05) is 7.05 Å². The van der Waals surface area contributed by atoms with Gasteiger partial charge in [0.05, 0.1) is 12.2 Å². The summed E-state index contributed by atoms with van der Waals surface area (Å²) in [6, 6.07) is 5.74. The first-order valence-electron chi connectivity index (χ1n) is 9.50. The van der Waals surface area contributed by atoms with E-state index in [1.54, 1.807) is 12.1 Å². The molecule has 1 aliphatic carbocycles. The van der Waals surface area contributed by atoms with Gasteiger partial charge in [0.15, 0.2) is 5.69 Å². The van der Waals surface area contributed by atoms with E-state index in [-0.39, 0.29) is 23.6 Å². The summed E-state index contributed by atoms with van der Waals surface area (Å²) in [6.07, 6.45) is 4.96. The molecule has 0 unspecified atom stereocenters. The molecule has 7 nitrogen and oxygen atoms in total. The van der Waals surface area contributed by atoms with E-state index in [9.17, 15) is 19.1 Å². The maximum atomic E-state index is 13.0. The summed E-state index contributed by atoms with van der Waals surface area (Å²) in [6.45, 7) is 0.496. The highest BCUT2D eigenvalue weighted by Gasteiger charge is 2.47. The van der Waals surface area contributed by atoms with Gasteiger partial charge in [0.25, 0.3) is 11.5 Å². The molecule has 1 saturated carbocycles. The van der Waals surface area contributed by atoms with E-state index < -0.39 is 17.2 Å². The molecule has 0 atom stereocenters. The number of carbonyl (C=O) groups is 1. The molecule has 28 heavy (non-hydrogen) atoms. The molecule has 0 radical (unpaired) electrons. The number of nitrogens with zero attached hydrogens (tertiary/aromatic N) is 3. The van der Waals surface area contributed by atoms with Crippen molar-refractivity contribution in [3.05, 3.63) is 57.5 Å². The van der Waals surface area contributed by atoms with Crippen LogP contribution in [0.2, 0.25) is 0 Å². The highest BCUT2D eigenvalue weighted by Crippen LogP contribution is 2.44. The van der Waals surface area contributed by atoms with Crippen molar-refractivity contribution in [1.82, 2.24) is 19.8 Å². The molecular formula is C20H23FN4O3. The van der Waals surface area contributed by atoms with Crippen molar-refractivity contribution < 1.29 is 14.3 Å². The van der Waals surface area contributed by atoms with Crippen LogP contribution in [0.3, 0.4) is 0 Å². The summed E-state index contributed by atoms with van der Waals surface area (Å²) in [5.74, 6) is -1.06. The third-order valence-corrected chi connectivity index (χ3v) is 5.91. The number of hydrogen-bond donors (Lipinski definition) is 2. The Morgan fingerprint density at radius 2 is 1.93 bits per heavy atom. The zero-order valence-corrected chi connectivity index (χ0v) is 15.7. The summed E-state index contributed by atoms with van der Waals surface area (Å²) in [7, 11) is 1.95. The Morgan fingerprint density at radius 3 is 2.61 bits per heavy atom. The van der Waals surface area contributed by atoms with Crippen LogP contribution in [0.25, 0.3) is 0 Å². The first-order chi connectivity index (χ1) is 13.4. The Labute approximate surface area is 161 Å². The van der Waals surface area contributed by atoms with Crippen molar-refractivity contribution >= 4 is 5.91 Å². The minimum atomic E-state index is -0.637. The molecule has 1 aliphatic heterocycles. The molecule has 2 N–H and O–H groups in total. The van der Waals surface area contributed by atoms with Crippen LogP contribution in [0.4, 0.5) is 4.39 Å². The monoisotopic (exact) mass is 386 g/mol. The van der Waals surface area contributed by atoms with Crippen LogP contribution in [0.5, 0.6) is 5.75 Å². The van der Waals surface area contributed by atoms with Gasteiger partial charge in [0.1, 0.15) is 11.6 Å². The van der Waals surface area contributed by atoms with Gasteiger partial charge < -0.3 is 10.4 Å². The van der Waals surface area contributed by atoms with E-state index >= 15 is 0 Å². The Kier molecular flexibility index (Phi) is 4.66. The number of fused-ring (bicyclic) bond motifs is 2. The van der Waals surface area contributed by atoms with Crippen LogP contribution in [0.1, 0.15) is 54.0 Å². The lowest BCUT2D eigenvalue weighted by molar-refractivity contribution is 0.0815. The molecule has 0 saturated heterocycles. The zero-order chi connectivity index (χ0) is 19.9. The van der Waals surface area contributed by atoms with Gasteiger partial charge in [-0.2, -0.15) is 0 Å². The van der Waals surface area contributed by atoms with Gasteiger partial charge in [0, 0.05) is 6.54 Å². The van der Waals surface area contributed by atoms with Gasteiger partial charge in [0.2, 0.25) is 5.75 Å². The number of amides is 1. The molecule has 2 aromatic rings. The van der Waals surface area contributed by atoms with Gasteiger partial charge >= 0.3 is 0 Å². The fraction of sp³-hybridized carbons (Fsp3) is 0.450. The fourth-order valence-corrected chi connectivity index (χ4v) is 4.32. The topological polar surface area (TPSA) is 87.5 Å². The Balaban J connectivity index is 1.65. The summed E-state index contributed by atoms with van der Waals surface area (Å²) in [4.78, 5) is 31.9. The molecular weight excluding hydrogens is 363 g/mol. The molecule has 1 aromatic heterocycles. The molecule has 2 heterocycles. The molecule has 1 amide bonds. The molecule has 148 valence electrons. The summed E-state index contributed by atoms with van der Waals surface area (Å²) < 4.78 is 14.5. The molecule has 1 fully saturated rings. The van der Waals surface area contributed by atoms with Gasteiger partial charge in [-0.3, -0.25) is 19.1 Å². The lowest BCUT2D eigenvalue weighted by Crippen LogP contribution is -2.41. The largest absolute Gasteiger partial charge is 0.501 e. The number of carbonyl (C=O) groups excluding carboxylic acids is 1. The molecule has 0 bridgehead atoms. The van der Waals surface area contributed by atoms with Crippen molar-refractivity contribution in [1.29, 1.82) is 0 Å². The van der Waals surface area contributed by atoms with Crippen LogP contribution in [0.15, 0.2) is 29.1 Å². The van der Waals surface area contributed by atoms with Crippen LogP contribution in [-0.4, -0.2) is 32.5 Å². The predicted molar refractivity (Wildman–Crippen MR) is 100 cm³/mol. The molecule has 1 aromatic carbocycles. The second kappa shape index (κ2) is 7.01. The van der Waals surface area contributed by atoms with E-state index in [2.05, 4.69) is 15.2 Å². The van der Waals surface area contributed by atoms with Crippen LogP contribution >= 0.6 is 0 Å². The number of hydrogen-bond acceptors (Lipinski definition) is 5. The second-order valence-electron chi connectivity index (χ2n) is 7.61. The maximum absolute atomic E-state index is 13.0. The van der Waals surface area contributed by atoms with Crippen molar-refractivity contribution in [2.45, 2.75) is 50.9 Å². The van der Waals surface area contributed by atoms with Gasteiger partial charge in [-0.1, -0.05) is 31.4 Å². The standard InChI is InChI=1S/C20H23FN4O3/c1-24-12-25-18(28)16(26)15(23-19(25)20(24)9-3-2-4-10-20)17(27)22-11-13-5-7-14(21)8-6-13/h5-8,26H,2-4,9-12H2,1H3,(H,22,27).